The second-order valence-electron chi connectivity index (χ2n) is 14.8. The van der Waals surface area contributed by atoms with Crippen LogP contribution in [-0.2, 0) is 30.4 Å². The molecule has 5 aromatic rings. The molecule has 1 saturated carbocycles. The van der Waals surface area contributed by atoms with Crippen molar-refractivity contribution in [2.45, 2.75) is 64.0 Å². The number of nitrogens with zero attached hydrogens (tertiary/aromatic N) is 2. The summed E-state index contributed by atoms with van der Waals surface area (Å²) in [7, 11) is 0. The zero-order valence-corrected chi connectivity index (χ0v) is 31.6. The molecule has 0 unspecified atom stereocenters. The van der Waals surface area contributed by atoms with E-state index in [1.54, 1.807) is 9.80 Å². The highest BCUT2D eigenvalue weighted by molar-refractivity contribution is 6.01. The summed E-state index contributed by atoms with van der Waals surface area (Å²) in [6.07, 6.45) is 4.71. The van der Waals surface area contributed by atoms with Crippen LogP contribution in [0.1, 0.15) is 62.6 Å². The van der Waals surface area contributed by atoms with Gasteiger partial charge >= 0.3 is 0 Å². The maximum Gasteiger partial charge on any atom is 0.250 e. The Hall–Kier alpha value is -6.23. The zero-order valence-electron chi connectivity index (χ0n) is 31.6. The first kappa shape index (κ1) is 38.1. The fourth-order valence-corrected chi connectivity index (χ4v) is 7.35. The molecule has 4 aromatic carbocycles. The van der Waals surface area contributed by atoms with Crippen molar-refractivity contribution in [3.05, 3.63) is 120 Å². The number of anilines is 2. The first-order valence-corrected chi connectivity index (χ1v) is 19.5. The molecule has 0 spiro atoms. The van der Waals surface area contributed by atoms with Gasteiger partial charge in [-0.2, -0.15) is 0 Å². The minimum absolute atomic E-state index is 0.0238. The minimum Gasteiger partial charge on any atom is -0.355 e. The number of aromatic nitrogens is 1. The molecule has 0 radical (unpaired) electrons. The number of fused-ring (bicyclic) bond motifs is 1. The average molecular weight is 753 g/mol. The van der Waals surface area contributed by atoms with Gasteiger partial charge in [0.1, 0.15) is 12.1 Å². The average Bonchev–Trinajstić information content (AvgIpc) is 3.69. The molecule has 11 nitrogen and oxygen atoms in total. The minimum atomic E-state index is -0.854. The summed E-state index contributed by atoms with van der Waals surface area (Å²) >= 11 is 0. The predicted molar refractivity (Wildman–Crippen MR) is 217 cm³/mol. The van der Waals surface area contributed by atoms with Crippen LogP contribution in [0.3, 0.4) is 0 Å². The largest absolute Gasteiger partial charge is 0.355 e. The van der Waals surface area contributed by atoms with Crippen LogP contribution in [0.4, 0.5) is 11.4 Å². The van der Waals surface area contributed by atoms with E-state index >= 15 is 0 Å². The van der Waals surface area contributed by atoms with E-state index in [0.29, 0.717) is 55.2 Å². The molecular weight excluding hydrogens is 705 g/mol. The summed E-state index contributed by atoms with van der Waals surface area (Å²) in [5.41, 5.74) is 5.51. The Kier molecular flexibility index (Phi) is 11.9. The third-order valence-electron chi connectivity index (χ3n) is 10.4. The van der Waals surface area contributed by atoms with Crippen LogP contribution in [0.25, 0.3) is 22.2 Å². The Bertz CT molecular complexity index is 2180. The maximum absolute atomic E-state index is 14.0. The van der Waals surface area contributed by atoms with E-state index < -0.39 is 12.1 Å². The number of carbonyl (C=O) groups is 5. The topological polar surface area (TPSA) is 144 Å². The van der Waals surface area contributed by atoms with Crippen molar-refractivity contribution in [3.8, 4) is 11.3 Å². The molecule has 1 aliphatic carbocycles. The number of rotatable bonds is 15. The number of hydrogen-bond acceptors (Lipinski definition) is 5. The normalized spacial score (nSPS) is 15.6. The van der Waals surface area contributed by atoms with Crippen LogP contribution in [0.5, 0.6) is 0 Å². The lowest BCUT2D eigenvalue weighted by Crippen LogP contribution is -2.48. The summed E-state index contributed by atoms with van der Waals surface area (Å²) in [4.78, 5) is 73.0. The molecule has 5 amide bonds. The van der Waals surface area contributed by atoms with Crippen molar-refractivity contribution >= 4 is 51.8 Å². The van der Waals surface area contributed by atoms with E-state index in [2.05, 4.69) is 20.9 Å². The van der Waals surface area contributed by atoms with Crippen LogP contribution in [0.15, 0.2) is 109 Å². The number of amides is 5. The number of hydrogen-bond donors (Lipinski definition) is 4. The number of aromatic amines is 1. The number of H-pyrrole nitrogens is 1. The Labute approximate surface area is 326 Å². The van der Waals surface area contributed by atoms with E-state index in [0.717, 1.165) is 47.0 Å². The fraction of sp³-hybridized carbons (Fsp3) is 0.311. The molecule has 11 heteroatoms. The van der Waals surface area contributed by atoms with E-state index in [1.807, 2.05) is 116 Å². The van der Waals surface area contributed by atoms with Gasteiger partial charge in [-0.15, -0.1) is 0 Å². The molecule has 56 heavy (non-hydrogen) atoms. The Morgan fingerprint density at radius 1 is 0.804 bits per heavy atom. The highest BCUT2D eigenvalue weighted by Gasteiger charge is 2.39. The molecule has 0 bridgehead atoms. The quantitative estimate of drug-likeness (QED) is 0.0926. The van der Waals surface area contributed by atoms with Crippen LogP contribution in [0, 0.1) is 5.92 Å². The molecule has 2 aliphatic rings. The number of benzene rings is 4. The van der Waals surface area contributed by atoms with Crippen molar-refractivity contribution in [2.75, 3.05) is 30.3 Å². The van der Waals surface area contributed by atoms with Gasteiger partial charge in [0, 0.05) is 47.5 Å². The second kappa shape index (κ2) is 17.5. The van der Waals surface area contributed by atoms with Crippen molar-refractivity contribution in [3.63, 3.8) is 0 Å². The summed E-state index contributed by atoms with van der Waals surface area (Å²) < 4.78 is 0. The number of likely N-dealkylation sites (tertiary alicyclic amines) is 1. The van der Waals surface area contributed by atoms with Crippen LogP contribution >= 0.6 is 0 Å². The van der Waals surface area contributed by atoms with Crippen molar-refractivity contribution in [2.24, 2.45) is 5.92 Å². The molecule has 7 rings (SSSR count). The number of nitrogens with one attached hydrogen (secondary N) is 4. The van der Waals surface area contributed by atoms with Crippen LogP contribution < -0.4 is 16.0 Å². The van der Waals surface area contributed by atoms with Gasteiger partial charge in [-0.25, -0.2) is 0 Å². The first-order valence-electron chi connectivity index (χ1n) is 19.5. The fourth-order valence-electron chi connectivity index (χ4n) is 7.35. The second-order valence-corrected chi connectivity index (χ2v) is 14.8. The van der Waals surface area contributed by atoms with Crippen LogP contribution in [-0.4, -0.2) is 70.0 Å². The Morgan fingerprint density at radius 2 is 1.52 bits per heavy atom. The molecule has 1 aromatic heterocycles. The monoisotopic (exact) mass is 752 g/mol. The Balaban J connectivity index is 0.968. The molecule has 288 valence electrons. The van der Waals surface area contributed by atoms with Gasteiger partial charge in [-0.05, 0) is 91.1 Å². The van der Waals surface area contributed by atoms with Gasteiger partial charge in [0.25, 0.3) is 0 Å². The van der Waals surface area contributed by atoms with E-state index in [4.69, 9.17) is 0 Å². The lowest BCUT2D eigenvalue weighted by atomic mass is 10.0. The third kappa shape index (κ3) is 9.52. The van der Waals surface area contributed by atoms with Gasteiger partial charge in [0.05, 0.1) is 13.0 Å². The predicted octanol–water partition coefficient (Wildman–Crippen LogP) is 6.84. The summed E-state index contributed by atoms with van der Waals surface area (Å²) in [6.45, 7) is 2.90. The SMILES string of the molecule is CCCN(CC(=O)Nc1ccc(-c2cc3cc(NC(=O)[C@@H]4CCCN4C(=O)[C@H](NC(=O)CC4CC4)c4ccccc4)ccc3[nH]2)cc1)C(=O)Cc1ccccc1. The van der Waals surface area contributed by atoms with E-state index in [9.17, 15) is 24.0 Å². The zero-order chi connectivity index (χ0) is 39.0. The summed E-state index contributed by atoms with van der Waals surface area (Å²) in [5.74, 6) is -0.643. The first-order chi connectivity index (χ1) is 27.2. The van der Waals surface area contributed by atoms with Gasteiger partial charge in [-0.1, -0.05) is 79.7 Å². The molecule has 2 fully saturated rings. The van der Waals surface area contributed by atoms with Gasteiger partial charge < -0.3 is 30.7 Å². The van der Waals surface area contributed by atoms with E-state index in [1.165, 1.54) is 0 Å². The lowest BCUT2D eigenvalue weighted by molar-refractivity contribution is -0.140. The maximum atomic E-state index is 14.0. The molecule has 1 saturated heterocycles. The molecular formula is C45H48N6O5. The molecule has 1 aliphatic heterocycles. The third-order valence-corrected chi connectivity index (χ3v) is 10.4. The molecule has 2 atom stereocenters. The van der Waals surface area contributed by atoms with Gasteiger partial charge in [0.15, 0.2) is 0 Å². The highest BCUT2D eigenvalue weighted by Crippen LogP contribution is 2.33. The molecule has 4 N–H and O–H groups in total. The van der Waals surface area contributed by atoms with E-state index in [-0.39, 0.29) is 42.5 Å². The van der Waals surface area contributed by atoms with Gasteiger partial charge in [-0.3, -0.25) is 24.0 Å². The van der Waals surface area contributed by atoms with Crippen molar-refractivity contribution in [1.29, 1.82) is 0 Å². The smallest absolute Gasteiger partial charge is 0.250 e. The summed E-state index contributed by atoms with van der Waals surface area (Å²) in [6, 6.07) is 32.4. The Morgan fingerprint density at radius 3 is 2.23 bits per heavy atom. The lowest BCUT2D eigenvalue weighted by Gasteiger charge is -2.29. The number of carbonyl (C=O) groups excluding carboxylic acids is 5. The van der Waals surface area contributed by atoms with Gasteiger partial charge in [0.2, 0.25) is 29.5 Å². The van der Waals surface area contributed by atoms with Crippen LogP contribution in [0.2, 0.25) is 0 Å². The molecule has 2 heterocycles. The summed E-state index contributed by atoms with van der Waals surface area (Å²) in [5, 5.41) is 9.81. The van der Waals surface area contributed by atoms with Crippen molar-refractivity contribution < 1.29 is 24.0 Å². The standard InChI is InChI=1S/C45H48N6O5/c1-2-23-50(42(54)26-30-10-5-3-6-11-30)29-41(53)46-35-19-17-32(18-20-35)38-28-34-27-36(21-22-37(34)48-38)47-44(55)39-14-9-24-51(39)45(56)43(33-12-7-4-8-13-33)49-40(52)25-31-15-16-31/h3-8,10-13,17-22,27-28,31,39,43,48H,2,9,14-16,23-26,29H2,1H3,(H,46,53)(H,47,55)(H,49,52)/t39-,43+/m0/s1. The van der Waals surface area contributed by atoms with Crippen molar-refractivity contribution in [1.82, 2.24) is 20.1 Å². The highest BCUT2D eigenvalue weighted by atomic mass is 16.2.